The van der Waals surface area contributed by atoms with Gasteiger partial charge in [0.2, 0.25) is 0 Å². The van der Waals surface area contributed by atoms with Gasteiger partial charge < -0.3 is 25.2 Å². The first-order valence-electron chi connectivity index (χ1n) is 9.96. The lowest BCUT2D eigenvalue weighted by molar-refractivity contribution is 0.186. The third-order valence-corrected chi connectivity index (χ3v) is 4.55. The molecule has 1 atom stereocenters. The topological polar surface area (TPSA) is 75.1 Å². The van der Waals surface area contributed by atoms with Crippen molar-refractivity contribution in [2.75, 3.05) is 33.9 Å². The van der Waals surface area contributed by atoms with Gasteiger partial charge in [-0.3, -0.25) is 4.99 Å². The van der Waals surface area contributed by atoms with Crippen molar-refractivity contribution in [1.82, 2.24) is 10.6 Å². The average molecular weight is 527 g/mol. The Morgan fingerprint density at radius 3 is 2.27 bits per heavy atom. The molecule has 166 valence electrons. The summed E-state index contributed by atoms with van der Waals surface area (Å²) in [6, 6.07) is 12.0. The summed E-state index contributed by atoms with van der Waals surface area (Å²) in [6.45, 7) is 8.01. The SMILES string of the molecule is CCNC(=NCC(O)c1ccc(OC)c(OC)c1)NCCc1cc(C)cc(C)c1.I. The van der Waals surface area contributed by atoms with Gasteiger partial charge in [-0.05, 0) is 50.5 Å². The average Bonchev–Trinajstić information content (AvgIpc) is 2.70. The normalized spacial score (nSPS) is 12.0. The highest BCUT2D eigenvalue weighted by Gasteiger charge is 2.12. The lowest BCUT2D eigenvalue weighted by atomic mass is 10.1. The predicted molar refractivity (Wildman–Crippen MR) is 134 cm³/mol. The maximum absolute atomic E-state index is 10.5. The van der Waals surface area contributed by atoms with E-state index in [1.165, 1.54) is 16.7 Å². The zero-order valence-corrected chi connectivity index (χ0v) is 20.8. The number of aliphatic imine (C=N–C) groups is 1. The largest absolute Gasteiger partial charge is 0.493 e. The molecule has 2 aromatic carbocycles. The molecule has 6 nitrogen and oxygen atoms in total. The fourth-order valence-corrected chi connectivity index (χ4v) is 3.22. The van der Waals surface area contributed by atoms with Crippen LogP contribution in [0.15, 0.2) is 41.4 Å². The van der Waals surface area contributed by atoms with Crippen molar-refractivity contribution < 1.29 is 14.6 Å². The summed E-state index contributed by atoms with van der Waals surface area (Å²) < 4.78 is 10.5. The number of nitrogens with one attached hydrogen (secondary N) is 2. The standard InChI is InChI=1S/C23H33N3O3.HI/c1-6-24-23(25-10-9-18-12-16(2)11-17(3)13-18)26-15-20(27)19-7-8-21(28-4)22(14-19)29-5;/h7-8,11-14,20,27H,6,9-10,15H2,1-5H3,(H2,24,25,26);1H. The van der Waals surface area contributed by atoms with Gasteiger partial charge in [0, 0.05) is 13.1 Å². The second-order valence-corrected chi connectivity index (χ2v) is 7.02. The Hall–Kier alpha value is -2.00. The van der Waals surface area contributed by atoms with Crippen LogP contribution in [0.25, 0.3) is 0 Å². The van der Waals surface area contributed by atoms with E-state index in [-0.39, 0.29) is 30.5 Å². The number of halogens is 1. The molecular formula is C23H34IN3O3. The van der Waals surface area contributed by atoms with Crippen LogP contribution in [0.4, 0.5) is 0 Å². The van der Waals surface area contributed by atoms with Gasteiger partial charge in [-0.15, -0.1) is 24.0 Å². The van der Waals surface area contributed by atoms with Crippen molar-refractivity contribution in [3.8, 4) is 11.5 Å². The van der Waals surface area contributed by atoms with E-state index in [0.29, 0.717) is 17.5 Å². The van der Waals surface area contributed by atoms with Crippen LogP contribution in [-0.2, 0) is 6.42 Å². The maximum atomic E-state index is 10.5. The number of nitrogens with zero attached hydrogens (tertiary/aromatic N) is 1. The Bertz CT molecular complexity index is 807. The molecule has 0 bridgehead atoms. The molecule has 0 aliphatic heterocycles. The highest BCUT2D eigenvalue weighted by atomic mass is 127. The van der Waals surface area contributed by atoms with Gasteiger partial charge >= 0.3 is 0 Å². The number of aryl methyl sites for hydroxylation is 2. The summed E-state index contributed by atoms with van der Waals surface area (Å²) >= 11 is 0. The summed E-state index contributed by atoms with van der Waals surface area (Å²) in [5, 5.41) is 17.1. The number of guanidine groups is 1. The van der Waals surface area contributed by atoms with Crippen LogP contribution in [0.5, 0.6) is 11.5 Å². The fourth-order valence-electron chi connectivity index (χ4n) is 3.22. The summed E-state index contributed by atoms with van der Waals surface area (Å²) in [6.07, 6.45) is 0.176. The van der Waals surface area contributed by atoms with Gasteiger partial charge in [0.25, 0.3) is 0 Å². The number of rotatable bonds is 9. The van der Waals surface area contributed by atoms with E-state index in [1.54, 1.807) is 26.4 Å². The molecule has 0 aliphatic carbocycles. The van der Waals surface area contributed by atoms with Crippen LogP contribution in [0, 0.1) is 13.8 Å². The number of aliphatic hydroxyl groups is 1. The lowest BCUT2D eigenvalue weighted by Gasteiger charge is -2.15. The number of methoxy groups -OCH3 is 2. The molecule has 0 aromatic heterocycles. The van der Waals surface area contributed by atoms with Crippen molar-refractivity contribution in [2.24, 2.45) is 4.99 Å². The van der Waals surface area contributed by atoms with Crippen LogP contribution in [0.2, 0.25) is 0 Å². The maximum Gasteiger partial charge on any atom is 0.191 e. The third kappa shape index (κ3) is 8.02. The molecule has 0 saturated heterocycles. The van der Waals surface area contributed by atoms with Crippen molar-refractivity contribution in [2.45, 2.75) is 33.3 Å². The summed E-state index contributed by atoms with van der Waals surface area (Å²) in [7, 11) is 3.17. The molecule has 0 aliphatic rings. The van der Waals surface area contributed by atoms with Gasteiger partial charge in [-0.25, -0.2) is 0 Å². The first-order chi connectivity index (χ1) is 14.0. The Labute approximate surface area is 197 Å². The summed E-state index contributed by atoms with van der Waals surface area (Å²) in [5.74, 6) is 1.91. The van der Waals surface area contributed by atoms with Crippen LogP contribution < -0.4 is 20.1 Å². The minimum absolute atomic E-state index is 0. The Morgan fingerprint density at radius 2 is 1.67 bits per heavy atom. The van der Waals surface area contributed by atoms with Gasteiger partial charge in [0.1, 0.15) is 0 Å². The molecule has 0 heterocycles. The molecule has 3 N–H and O–H groups in total. The molecule has 7 heteroatoms. The molecule has 0 amide bonds. The first-order valence-corrected chi connectivity index (χ1v) is 9.96. The van der Waals surface area contributed by atoms with E-state index in [0.717, 1.165) is 25.1 Å². The van der Waals surface area contributed by atoms with E-state index in [2.05, 4.69) is 47.7 Å². The van der Waals surface area contributed by atoms with E-state index >= 15 is 0 Å². The van der Waals surface area contributed by atoms with Crippen LogP contribution in [-0.4, -0.2) is 44.9 Å². The third-order valence-electron chi connectivity index (χ3n) is 4.55. The van der Waals surface area contributed by atoms with E-state index in [1.807, 2.05) is 13.0 Å². The molecular weight excluding hydrogens is 493 g/mol. The second-order valence-electron chi connectivity index (χ2n) is 7.02. The van der Waals surface area contributed by atoms with Crippen molar-refractivity contribution in [1.29, 1.82) is 0 Å². The number of hydrogen-bond acceptors (Lipinski definition) is 4. The highest BCUT2D eigenvalue weighted by molar-refractivity contribution is 14.0. The Kier molecular flexibility index (Phi) is 11.6. The molecule has 1 unspecified atom stereocenters. The van der Waals surface area contributed by atoms with E-state index in [9.17, 15) is 5.11 Å². The molecule has 0 fully saturated rings. The van der Waals surface area contributed by atoms with E-state index < -0.39 is 6.10 Å². The Morgan fingerprint density at radius 1 is 1.00 bits per heavy atom. The quantitative estimate of drug-likeness (QED) is 0.263. The molecule has 0 saturated carbocycles. The molecule has 0 radical (unpaired) electrons. The highest BCUT2D eigenvalue weighted by Crippen LogP contribution is 2.30. The van der Waals surface area contributed by atoms with Crippen molar-refractivity contribution in [3.05, 3.63) is 58.7 Å². The number of hydrogen-bond donors (Lipinski definition) is 3. The minimum atomic E-state index is -0.732. The minimum Gasteiger partial charge on any atom is -0.493 e. The monoisotopic (exact) mass is 527 g/mol. The second kappa shape index (κ2) is 13.3. The summed E-state index contributed by atoms with van der Waals surface area (Å²) in [5.41, 5.74) is 4.59. The van der Waals surface area contributed by atoms with Crippen LogP contribution in [0.3, 0.4) is 0 Å². The predicted octanol–water partition coefficient (Wildman–Crippen LogP) is 3.77. The molecule has 0 spiro atoms. The van der Waals surface area contributed by atoms with Gasteiger partial charge in [-0.1, -0.05) is 35.4 Å². The van der Waals surface area contributed by atoms with Crippen molar-refractivity contribution >= 4 is 29.9 Å². The van der Waals surface area contributed by atoms with Crippen LogP contribution in [0.1, 0.15) is 35.3 Å². The number of benzene rings is 2. The molecule has 30 heavy (non-hydrogen) atoms. The molecule has 2 rings (SSSR count). The molecule has 2 aromatic rings. The van der Waals surface area contributed by atoms with Crippen LogP contribution >= 0.6 is 24.0 Å². The first kappa shape index (κ1) is 26.0. The Balaban J connectivity index is 0.00000450. The van der Waals surface area contributed by atoms with Gasteiger partial charge in [-0.2, -0.15) is 0 Å². The number of ether oxygens (including phenoxy) is 2. The number of aliphatic hydroxyl groups excluding tert-OH is 1. The van der Waals surface area contributed by atoms with Crippen molar-refractivity contribution in [3.63, 3.8) is 0 Å². The summed E-state index contributed by atoms with van der Waals surface area (Å²) in [4.78, 5) is 4.53. The zero-order chi connectivity index (χ0) is 21.2. The van der Waals surface area contributed by atoms with Gasteiger partial charge in [0.05, 0.1) is 26.9 Å². The smallest absolute Gasteiger partial charge is 0.191 e. The van der Waals surface area contributed by atoms with E-state index in [4.69, 9.17) is 9.47 Å². The van der Waals surface area contributed by atoms with Gasteiger partial charge in [0.15, 0.2) is 17.5 Å². The zero-order valence-electron chi connectivity index (χ0n) is 18.5. The lowest BCUT2D eigenvalue weighted by Crippen LogP contribution is -2.38. The fraction of sp³-hybridized carbons (Fsp3) is 0.435.